The van der Waals surface area contributed by atoms with Crippen molar-refractivity contribution < 1.29 is 52.5 Å². The molecule has 2 rings (SSSR count). The SMILES string of the molecule is C=C(CC)[C@@H]([C@@H](CC(=O)N1CCC[C@H]1[C@H](OC)[C@@H](C)C(=O)N[C@@H](Cc1ccccc1)C(=O)OC)OC)N(C)C(=O)[C@@H](NC(=O)[C@H](C(C)C)N(C)CCOCCN(C)C(=O)OC(C)(C)C)C(C)C. The molecule has 1 aromatic rings. The molecule has 0 saturated carbocycles. The van der Waals surface area contributed by atoms with Gasteiger partial charge in [-0.25, -0.2) is 9.59 Å². The van der Waals surface area contributed by atoms with E-state index in [1.807, 2.05) is 97.7 Å². The van der Waals surface area contributed by atoms with Gasteiger partial charge in [-0.1, -0.05) is 84.0 Å². The number of likely N-dealkylation sites (tertiary alicyclic amines) is 1. The lowest BCUT2D eigenvalue weighted by molar-refractivity contribution is -0.147. The highest BCUT2D eigenvalue weighted by Crippen LogP contribution is 2.29. The Morgan fingerprint density at radius 2 is 1.48 bits per heavy atom. The molecule has 1 saturated heterocycles. The molecule has 1 aliphatic rings. The number of nitrogens with zero attached hydrogens (tertiary/aromatic N) is 4. The number of hydrogen-bond acceptors (Lipinski definition) is 12. The average molecular weight is 945 g/mol. The van der Waals surface area contributed by atoms with Crippen LogP contribution in [0.25, 0.3) is 0 Å². The third kappa shape index (κ3) is 17.8. The van der Waals surface area contributed by atoms with Crippen molar-refractivity contribution in [3.63, 3.8) is 0 Å². The van der Waals surface area contributed by atoms with Crippen LogP contribution in [0, 0.1) is 17.8 Å². The summed E-state index contributed by atoms with van der Waals surface area (Å²) in [4.78, 5) is 88.4. The molecule has 0 aromatic heterocycles. The first kappa shape index (κ1) is 58.5. The van der Waals surface area contributed by atoms with Crippen molar-refractivity contribution in [3.05, 3.63) is 48.0 Å². The predicted octanol–water partition coefficient (Wildman–Crippen LogP) is 4.71. The largest absolute Gasteiger partial charge is 0.467 e. The standard InChI is InChI=1S/C50H84N6O11/c1-17-34(6)43(55(13)47(60)41(32(2)3)52-46(59)42(33(4)5)53(11)26-28-66-29-27-54(12)49(62)67-50(8,9)10)39(63-14)31-40(57)56-25-21-24-38(56)44(64-15)35(7)45(58)51-37(48(61)65-16)30-36-22-19-18-20-23-36/h18-20,22-23,32-33,35,37-39,41-44H,6,17,21,24-31H2,1-5,7-16H3,(H,51,58)(H,52,59)/t35-,37+,38+,39-,41+,42+,43+,44-/m1/s1. The number of rotatable bonds is 27. The van der Waals surface area contributed by atoms with E-state index in [2.05, 4.69) is 17.2 Å². The van der Waals surface area contributed by atoms with Crippen LogP contribution in [0.15, 0.2) is 42.5 Å². The molecular weight excluding hydrogens is 861 g/mol. The van der Waals surface area contributed by atoms with Gasteiger partial charge in [0.15, 0.2) is 0 Å². The number of likely N-dealkylation sites (N-methyl/N-ethyl adjacent to an activating group) is 3. The summed E-state index contributed by atoms with van der Waals surface area (Å²) in [5.74, 6) is -3.01. The van der Waals surface area contributed by atoms with Gasteiger partial charge in [-0.15, -0.1) is 0 Å². The summed E-state index contributed by atoms with van der Waals surface area (Å²) < 4.78 is 28.2. The lowest BCUT2D eigenvalue weighted by Crippen LogP contribution is -2.59. The molecule has 1 aliphatic heterocycles. The van der Waals surface area contributed by atoms with Gasteiger partial charge in [0.05, 0.1) is 63.0 Å². The molecule has 1 fully saturated rings. The van der Waals surface area contributed by atoms with Crippen LogP contribution < -0.4 is 10.6 Å². The Balaban J connectivity index is 2.20. The average Bonchev–Trinajstić information content (AvgIpc) is 3.76. The van der Waals surface area contributed by atoms with Gasteiger partial charge >= 0.3 is 12.1 Å². The zero-order valence-corrected chi connectivity index (χ0v) is 43.2. The quantitative estimate of drug-likeness (QED) is 0.0705. The zero-order chi connectivity index (χ0) is 50.8. The summed E-state index contributed by atoms with van der Waals surface area (Å²) in [7, 11) is 9.42. The van der Waals surface area contributed by atoms with Crippen LogP contribution in [0.1, 0.15) is 93.6 Å². The van der Waals surface area contributed by atoms with Crippen molar-refractivity contribution in [2.45, 2.75) is 142 Å². The van der Waals surface area contributed by atoms with Gasteiger partial charge in [0, 0.05) is 54.4 Å². The number of benzene rings is 1. The van der Waals surface area contributed by atoms with Crippen LogP contribution in [0.5, 0.6) is 0 Å². The summed E-state index contributed by atoms with van der Waals surface area (Å²) in [6, 6.07) is 5.76. The van der Waals surface area contributed by atoms with Crippen molar-refractivity contribution in [2.24, 2.45) is 17.8 Å². The van der Waals surface area contributed by atoms with Gasteiger partial charge in [0.1, 0.15) is 17.7 Å². The number of nitrogens with one attached hydrogen (secondary N) is 2. The zero-order valence-electron chi connectivity index (χ0n) is 43.2. The van der Waals surface area contributed by atoms with Gasteiger partial charge < -0.3 is 49.0 Å². The third-order valence-corrected chi connectivity index (χ3v) is 12.4. The number of ether oxygens (including phenoxy) is 5. The molecule has 0 radical (unpaired) electrons. The molecule has 0 aliphatic carbocycles. The molecule has 380 valence electrons. The molecule has 1 heterocycles. The van der Waals surface area contributed by atoms with Crippen molar-refractivity contribution in [3.8, 4) is 0 Å². The van der Waals surface area contributed by atoms with E-state index in [1.54, 1.807) is 25.9 Å². The summed E-state index contributed by atoms with van der Waals surface area (Å²) in [6.45, 7) is 22.8. The van der Waals surface area contributed by atoms with Gasteiger partial charge in [0.2, 0.25) is 23.6 Å². The maximum absolute atomic E-state index is 14.6. The van der Waals surface area contributed by atoms with E-state index >= 15 is 0 Å². The normalized spacial score (nSPS) is 17.2. The number of esters is 1. The smallest absolute Gasteiger partial charge is 0.410 e. The molecule has 8 atom stereocenters. The molecule has 0 unspecified atom stereocenters. The highest BCUT2D eigenvalue weighted by atomic mass is 16.6. The van der Waals surface area contributed by atoms with Crippen molar-refractivity contribution in [1.82, 2.24) is 30.2 Å². The summed E-state index contributed by atoms with van der Waals surface area (Å²) in [5, 5.41) is 5.90. The monoisotopic (exact) mass is 945 g/mol. The molecule has 1 aromatic carbocycles. The van der Waals surface area contributed by atoms with Crippen molar-refractivity contribution >= 4 is 35.7 Å². The summed E-state index contributed by atoms with van der Waals surface area (Å²) in [6.07, 6.45) is 0.00869. The van der Waals surface area contributed by atoms with E-state index in [-0.39, 0.29) is 49.0 Å². The number of hydrogen-bond donors (Lipinski definition) is 2. The summed E-state index contributed by atoms with van der Waals surface area (Å²) >= 11 is 0. The molecular formula is C50H84N6O11. The Morgan fingerprint density at radius 1 is 0.851 bits per heavy atom. The molecule has 2 N–H and O–H groups in total. The van der Waals surface area contributed by atoms with E-state index in [0.717, 1.165) is 5.56 Å². The first-order valence-electron chi connectivity index (χ1n) is 23.7. The molecule has 0 spiro atoms. The topological polar surface area (TPSA) is 186 Å². The van der Waals surface area contributed by atoms with Crippen LogP contribution in [0.2, 0.25) is 0 Å². The Kier molecular flexibility index (Phi) is 24.5. The molecule has 67 heavy (non-hydrogen) atoms. The molecule has 5 amide bonds. The predicted molar refractivity (Wildman–Crippen MR) is 258 cm³/mol. The molecule has 17 nitrogen and oxygen atoms in total. The Hall–Kier alpha value is -4.58. The number of carbonyl (C=O) groups is 6. The number of amides is 5. The fraction of sp³-hybridized carbons (Fsp3) is 0.720. The van der Waals surface area contributed by atoms with E-state index in [9.17, 15) is 28.8 Å². The van der Waals surface area contributed by atoms with Gasteiger partial charge in [-0.05, 0) is 64.5 Å². The Morgan fingerprint density at radius 3 is 2.01 bits per heavy atom. The minimum Gasteiger partial charge on any atom is -0.467 e. The van der Waals surface area contributed by atoms with E-state index in [4.69, 9.17) is 23.7 Å². The lowest BCUT2D eigenvalue weighted by atomic mass is 9.92. The number of carbonyl (C=O) groups excluding carboxylic acids is 6. The third-order valence-electron chi connectivity index (χ3n) is 12.4. The van der Waals surface area contributed by atoms with Crippen LogP contribution >= 0.6 is 0 Å². The number of methoxy groups -OCH3 is 3. The second-order valence-corrected chi connectivity index (χ2v) is 19.4. The van der Waals surface area contributed by atoms with Crippen LogP contribution in [-0.2, 0) is 54.1 Å². The maximum Gasteiger partial charge on any atom is 0.410 e. The van der Waals surface area contributed by atoms with E-state index in [0.29, 0.717) is 51.1 Å². The van der Waals surface area contributed by atoms with E-state index < -0.39 is 71.9 Å². The van der Waals surface area contributed by atoms with Gasteiger partial charge in [0.25, 0.3) is 0 Å². The first-order valence-corrected chi connectivity index (χ1v) is 23.7. The summed E-state index contributed by atoms with van der Waals surface area (Å²) in [5.41, 5.74) is 0.933. The highest BCUT2D eigenvalue weighted by molar-refractivity contribution is 5.90. The van der Waals surface area contributed by atoms with Crippen LogP contribution in [0.3, 0.4) is 0 Å². The highest BCUT2D eigenvalue weighted by Gasteiger charge is 2.43. The fourth-order valence-corrected chi connectivity index (χ4v) is 8.59. The molecule has 0 bridgehead atoms. The minimum atomic E-state index is -0.919. The second kappa shape index (κ2) is 28.0. The second-order valence-electron chi connectivity index (χ2n) is 19.4. The van der Waals surface area contributed by atoms with E-state index in [1.165, 1.54) is 31.1 Å². The lowest BCUT2D eigenvalue weighted by Gasteiger charge is -2.39. The minimum absolute atomic E-state index is 0.0922. The van der Waals surface area contributed by atoms with Crippen molar-refractivity contribution in [2.75, 3.05) is 75.3 Å². The Bertz CT molecular complexity index is 1750. The van der Waals surface area contributed by atoms with Crippen molar-refractivity contribution in [1.29, 1.82) is 0 Å². The Labute approximate surface area is 400 Å². The maximum atomic E-state index is 14.6. The fourth-order valence-electron chi connectivity index (χ4n) is 8.59. The van der Waals surface area contributed by atoms with Gasteiger partial charge in [-0.3, -0.25) is 24.1 Å². The van der Waals surface area contributed by atoms with Crippen LogP contribution in [0.4, 0.5) is 4.79 Å². The first-order chi connectivity index (χ1) is 31.4. The van der Waals surface area contributed by atoms with Gasteiger partial charge in [-0.2, -0.15) is 0 Å². The molecule has 17 heteroatoms. The van der Waals surface area contributed by atoms with Crippen LogP contribution in [-0.4, -0.2) is 179 Å².